The van der Waals surface area contributed by atoms with Crippen molar-refractivity contribution in [3.63, 3.8) is 0 Å². The number of benzene rings is 1. The summed E-state index contributed by atoms with van der Waals surface area (Å²) in [6, 6.07) is 6.90. The molecule has 19 heavy (non-hydrogen) atoms. The molecule has 0 unspecified atom stereocenters. The monoisotopic (exact) mass is 261 g/mol. The second-order valence-corrected chi connectivity index (χ2v) is 3.54. The molecule has 0 amide bonds. The summed E-state index contributed by atoms with van der Waals surface area (Å²) in [6.07, 6.45) is 1.43. The molecule has 0 saturated heterocycles. The highest BCUT2D eigenvalue weighted by Crippen LogP contribution is 2.24. The van der Waals surface area contributed by atoms with Crippen molar-refractivity contribution in [2.24, 2.45) is 0 Å². The number of nitriles is 1. The summed E-state index contributed by atoms with van der Waals surface area (Å²) < 4.78 is 15.0. The molecule has 0 saturated carbocycles. The van der Waals surface area contributed by atoms with Crippen LogP contribution in [0.3, 0.4) is 0 Å². The average molecular weight is 261 g/mol. The fraction of sp³-hybridized carbons (Fsp3) is 0.286. The molecule has 0 aliphatic heterocycles. The molecule has 1 aromatic rings. The number of rotatable bonds is 5. The quantitative estimate of drug-likeness (QED) is 0.461. The van der Waals surface area contributed by atoms with Crippen molar-refractivity contribution in [1.29, 1.82) is 5.26 Å². The van der Waals surface area contributed by atoms with Crippen molar-refractivity contribution in [3.8, 4) is 17.6 Å². The number of hydrogen-bond donors (Lipinski definition) is 0. The van der Waals surface area contributed by atoms with E-state index < -0.39 is 5.97 Å². The lowest BCUT2D eigenvalue weighted by molar-refractivity contribution is -0.137. The Morgan fingerprint density at radius 2 is 1.84 bits per heavy atom. The number of carbonyl (C=O) groups is 1. The number of ether oxygens (including phenoxy) is 3. The molecule has 100 valence electrons. The normalized spacial score (nSPS) is 10.5. The van der Waals surface area contributed by atoms with Gasteiger partial charge in [-0.2, -0.15) is 5.26 Å². The van der Waals surface area contributed by atoms with Gasteiger partial charge in [-0.15, -0.1) is 0 Å². The molecule has 0 atom stereocenters. The number of hydrogen-bond acceptors (Lipinski definition) is 5. The minimum atomic E-state index is -0.646. The lowest BCUT2D eigenvalue weighted by atomic mass is 10.1. The highest BCUT2D eigenvalue weighted by Gasteiger charge is 2.10. The van der Waals surface area contributed by atoms with E-state index in [-0.39, 0.29) is 12.2 Å². The molecular weight excluding hydrogens is 246 g/mol. The van der Waals surface area contributed by atoms with Gasteiger partial charge in [0.25, 0.3) is 0 Å². The fourth-order valence-corrected chi connectivity index (χ4v) is 1.43. The Morgan fingerprint density at radius 1 is 1.26 bits per heavy atom. The van der Waals surface area contributed by atoms with E-state index in [2.05, 4.69) is 0 Å². The Labute approximate surface area is 112 Å². The zero-order valence-electron chi connectivity index (χ0n) is 11.1. The fourth-order valence-electron chi connectivity index (χ4n) is 1.43. The van der Waals surface area contributed by atoms with Crippen LogP contribution in [0, 0.1) is 11.3 Å². The summed E-state index contributed by atoms with van der Waals surface area (Å²) >= 11 is 0. The second-order valence-electron chi connectivity index (χ2n) is 3.54. The molecule has 0 aliphatic carbocycles. The maximum Gasteiger partial charge on any atom is 0.348 e. The zero-order chi connectivity index (χ0) is 14.3. The molecule has 0 heterocycles. The minimum Gasteiger partial charge on any atom is -0.497 e. The minimum absolute atomic E-state index is 0.0721. The van der Waals surface area contributed by atoms with Crippen LogP contribution < -0.4 is 9.47 Å². The molecule has 0 fully saturated rings. The Bertz CT molecular complexity index is 506. The van der Waals surface area contributed by atoms with E-state index in [0.717, 1.165) is 0 Å². The van der Waals surface area contributed by atoms with E-state index in [0.29, 0.717) is 17.1 Å². The van der Waals surface area contributed by atoms with Crippen LogP contribution in [0.5, 0.6) is 11.5 Å². The topological polar surface area (TPSA) is 68.6 Å². The first-order chi connectivity index (χ1) is 9.14. The molecule has 1 aromatic carbocycles. The van der Waals surface area contributed by atoms with E-state index in [9.17, 15) is 4.79 Å². The van der Waals surface area contributed by atoms with Crippen LogP contribution in [-0.4, -0.2) is 26.8 Å². The van der Waals surface area contributed by atoms with Crippen molar-refractivity contribution >= 4 is 12.0 Å². The van der Waals surface area contributed by atoms with Crippen LogP contribution in [0.4, 0.5) is 0 Å². The standard InChI is InChI=1S/C14H15NO4/c1-4-19-14(16)11(9-15)5-10-6-12(17-2)8-13(7-10)18-3/h5-8H,4H2,1-3H3/b11-5+. The van der Waals surface area contributed by atoms with E-state index in [1.54, 1.807) is 25.1 Å². The molecule has 5 heteroatoms. The van der Waals surface area contributed by atoms with Crippen LogP contribution in [-0.2, 0) is 9.53 Å². The molecule has 0 N–H and O–H groups in total. The average Bonchev–Trinajstić information content (AvgIpc) is 2.44. The zero-order valence-corrected chi connectivity index (χ0v) is 11.1. The molecule has 0 bridgehead atoms. The van der Waals surface area contributed by atoms with Gasteiger partial charge < -0.3 is 14.2 Å². The Balaban J connectivity index is 3.14. The molecule has 0 radical (unpaired) electrons. The van der Waals surface area contributed by atoms with Gasteiger partial charge in [0.15, 0.2) is 0 Å². The third-order valence-electron chi connectivity index (χ3n) is 2.30. The van der Waals surface area contributed by atoms with Crippen molar-refractivity contribution in [1.82, 2.24) is 0 Å². The summed E-state index contributed by atoms with van der Waals surface area (Å²) in [5, 5.41) is 8.96. The summed E-state index contributed by atoms with van der Waals surface area (Å²) in [5.74, 6) is 0.505. The lowest BCUT2D eigenvalue weighted by Gasteiger charge is -2.06. The van der Waals surface area contributed by atoms with Crippen molar-refractivity contribution < 1.29 is 19.0 Å². The van der Waals surface area contributed by atoms with Crippen LogP contribution in [0.2, 0.25) is 0 Å². The van der Waals surface area contributed by atoms with Crippen LogP contribution in [0.1, 0.15) is 12.5 Å². The number of esters is 1. The first kappa shape index (κ1) is 14.6. The van der Waals surface area contributed by atoms with Gasteiger partial charge in [0.05, 0.1) is 20.8 Å². The molecule has 1 rings (SSSR count). The maximum absolute atomic E-state index is 11.5. The smallest absolute Gasteiger partial charge is 0.348 e. The van der Waals surface area contributed by atoms with Gasteiger partial charge in [0, 0.05) is 6.07 Å². The predicted octanol–water partition coefficient (Wildman–Crippen LogP) is 2.17. The molecular formula is C14H15NO4. The third kappa shape index (κ3) is 4.03. The second kappa shape index (κ2) is 7.07. The Hall–Kier alpha value is -2.48. The van der Waals surface area contributed by atoms with Gasteiger partial charge in [-0.25, -0.2) is 4.79 Å². The Morgan fingerprint density at radius 3 is 2.26 bits per heavy atom. The highest BCUT2D eigenvalue weighted by atomic mass is 16.5. The lowest BCUT2D eigenvalue weighted by Crippen LogP contribution is -2.06. The Kier molecular flexibility index (Phi) is 5.42. The van der Waals surface area contributed by atoms with E-state index >= 15 is 0 Å². The van der Waals surface area contributed by atoms with Gasteiger partial charge in [-0.1, -0.05) is 0 Å². The van der Waals surface area contributed by atoms with Crippen molar-refractivity contribution in [3.05, 3.63) is 29.3 Å². The predicted molar refractivity (Wildman–Crippen MR) is 69.8 cm³/mol. The van der Waals surface area contributed by atoms with E-state index in [4.69, 9.17) is 19.5 Å². The number of carbonyl (C=O) groups excluding carboxylic acids is 1. The van der Waals surface area contributed by atoms with Crippen LogP contribution >= 0.6 is 0 Å². The van der Waals surface area contributed by atoms with E-state index in [1.807, 2.05) is 6.07 Å². The summed E-state index contributed by atoms with van der Waals surface area (Å²) in [4.78, 5) is 11.5. The van der Waals surface area contributed by atoms with Gasteiger partial charge in [-0.05, 0) is 30.7 Å². The van der Waals surface area contributed by atoms with Crippen LogP contribution in [0.25, 0.3) is 6.08 Å². The SMILES string of the molecule is CCOC(=O)/C(C#N)=C/c1cc(OC)cc(OC)c1. The number of methoxy groups -OCH3 is 2. The van der Waals surface area contributed by atoms with E-state index in [1.165, 1.54) is 20.3 Å². The molecule has 5 nitrogen and oxygen atoms in total. The molecule has 0 aliphatic rings. The van der Waals surface area contributed by atoms with Crippen molar-refractivity contribution in [2.45, 2.75) is 6.92 Å². The number of nitrogens with zero attached hydrogens (tertiary/aromatic N) is 1. The first-order valence-electron chi connectivity index (χ1n) is 5.66. The summed E-state index contributed by atoms with van der Waals surface area (Å²) in [7, 11) is 3.05. The van der Waals surface area contributed by atoms with Crippen molar-refractivity contribution in [2.75, 3.05) is 20.8 Å². The highest BCUT2D eigenvalue weighted by molar-refractivity contribution is 5.97. The van der Waals surface area contributed by atoms with Gasteiger partial charge >= 0.3 is 5.97 Å². The third-order valence-corrected chi connectivity index (χ3v) is 2.30. The summed E-state index contributed by atoms with van der Waals surface area (Å²) in [6.45, 7) is 1.90. The van der Waals surface area contributed by atoms with Gasteiger partial charge in [0.1, 0.15) is 23.1 Å². The maximum atomic E-state index is 11.5. The largest absolute Gasteiger partial charge is 0.497 e. The summed E-state index contributed by atoms with van der Waals surface area (Å²) in [5.41, 5.74) is 0.554. The van der Waals surface area contributed by atoms with Gasteiger partial charge in [-0.3, -0.25) is 0 Å². The van der Waals surface area contributed by atoms with Crippen LogP contribution in [0.15, 0.2) is 23.8 Å². The van der Waals surface area contributed by atoms with Gasteiger partial charge in [0.2, 0.25) is 0 Å². The first-order valence-corrected chi connectivity index (χ1v) is 5.66. The molecule has 0 aromatic heterocycles. The molecule has 0 spiro atoms.